The molecule has 0 bridgehead atoms. The van der Waals surface area contributed by atoms with Crippen LogP contribution in [0.15, 0.2) is 53.0 Å². The van der Waals surface area contributed by atoms with Crippen molar-refractivity contribution >= 4 is 28.0 Å². The number of benzene rings is 2. The molecule has 0 saturated carbocycles. The van der Waals surface area contributed by atoms with Crippen LogP contribution >= 0.6 is 15.9 Å². The van der Waals surface area contributed by atoms with Gasteiger partial charge in [0.25, 0.3) is 0 Å². The van der Waals surface area contributed by atoms with E-state index in [1.807, 2.05) is 43.3 Å². The van der Waals surface area contributed by atoms with Crippen LogP contribution in [0.25, 0.3) is 6.08 Å². The van der Waals surface area contributed by atoms with E-state index >= 15 is 0 Å². The van der Waals surface area contributed by atoms with Gasteiger partial charge in [0.1, 0.15) is 12.4 Å². The molecule has 0 aromatic heterocycles. The number of ether oxygens (including phenoxy) is 1. The standard InChI is InChI=1S/C17H15BrO3/c1-12-4-2-5-13(10-12)11-21-17-14(8-9-16(19)20)6-3-7-15(17)18/h2-10H,11H2,1H3,(H,19,20). The molecule has 108 valence electrons. The number of para-hydroxylation sites is 1. The number of hydrogen-bond acceptors (Lipinski definition) is 2. The maximum atomic E-state index is 10.6. The van der Waals surface area contributed by atoms with Crippen LogP contribution in [0.2, 0.25) is 0 Å². The van der Waals surface area contributed by atoms with Crippen molar-refractivity contribution in [2.75, 3.05) is 0 Å². The molecule has 2 aromatic rings. The minimum atomic E-state index is -0.986. The van der Waals surface area contributed by atoms with Crippen molar-refractivity contribution < 1.29 is 14.6 Å². The monoisotopic (exact) mass is 346 g/mol. The summed E-state index contributed by atoms with van der Waals surface area (Å²) >= 11 is 3.44. The molecule has 0 spiro atoms. The fraction of sp³-hybridized carbons (Fsp3) is 0.118. The normalized spacial score (nSPS) is 10.8. The van der Waals surface area contributed by atoms with Gasteiger partial charge >= 0.3 is 5.97 Å². The number of carboxylic acids is 1. The second kappa shape index (κ2) is 7.09. The third-order valence-corrected chi connectivity index (χ3v) is 3.49. The molecule has 0 atom stereocenters. The van der Waals surface area contributed by atoms with Gasteiger partial charge in [0.15, 0.2) is 0 Å². The van der Waals surface area contributed by atoms with Gasteiger partial charge in [-0.3, -0.25) is 0 Å². The quantitative estimate of drug-likeness (QED) is 0.814. The maximum Gasteiger partial charge on any atom is 0.328 e. The highest BCUT2D eigenvalue weighted by atomic mass is 79.9. The van der Waals surface area contributed by atoms with Crippen LogP contribution in [0.4, 0.5) is 0 Å². The Kier molecular flexibility index (Phi) is 5.17. The Morgan fingerprint density at radius 1 is 1.29 bits per heavy atom. The van der Waals surface area contributed by atoms with Gasteiger partial charge in [-0.2, -0.15) is 0 Å². The fourth-order valence-corrected chi connectivity index (χ4v) is 2.42. The Morgan fingerprint density at radius 3 is 2.76 bits per heavy atom. The lowest BCUT2D eigenvalue weighted by atomic mass is 10.1. The molecule has 0 unspecified atom stereocenters. The number of carboxylic acid groups (broad SMARTS) is 1. The first-order chi connectivity index (χ1) is 10.1. The number of hydrogen-bond donors (Lipinski definition) is 1. The Bertz CT molecular complexity index is 677. The lowest BCUT2D eigenvalue weighted by molar-refractivity contribution is -0.131. The predicted octanol–water partition coefficient (Wildman–Crippen LogP) is 4.43. The largest absolute Gasteiger partial charge is 0.487 e. The molecule has 0 radical (unpaired) electrons. The molecule has 3 nitrogen and oxygen atoms in total. The van der Waals surface area contributed by atoms with E-state index < -0.39 is 5.97 Å². The zero-order chi connectivity index (χ0) is 15.2. The summed E-state index contributed by atoms with van der Waals surface area (Å²) in [4.78, 5) is 10.6. The van der Waals surface area contributed by atoms with Crippen molar-refractivity contribution in [3.05, 3.63) is 69.7 Å². The van der Waals surface area contributed by atoms with E-state index in [2.05, 4.69) is 22.0 Å². The molecule has 0 aliphatic carbocycles. The molecular weight excluding hydrogens is 332 g/mol. The van der Waals surface area contributed by atoms with Gasteiger partial charge in [0, 0.05) is 11.6 Å². The van der Waals surface area contributed by atoms with E-state index in [0.29, 0.717) is 12.4 Å². The van der Waals surface area contributed by atoms with Crippen LogP contribution in [0.5, 0.6) is 5.75 Å². The van der Waals surface area contributed by atoms with Gasteiger partial charge in [0.2, 0.25) is 0 Å². The average Bonchev–Trinajstić information content (AvgIpc) is 2.44. The van der Waals surface area contributed by atoms with Crippen LogP contribution in [0, 0.1) is 6.92 Å². The number of aliphatic carboxylic acids is 1. The van der Waals surface area contributed by atoms with Crippen LogP contribution in [0.3, 0.4) is 0 Å². The zero-order valence-electron chi connectivity index (χ0n) is 11.5. The van der Waals surface area contributed by atoms with Gasteiger partial charge in [0.05, 0.1) is 4.47 Å². The van der Waals surface area contributed by atoms with Gasteiger partial charge in [-0.15, -0.1) is 0 Å². The number of carbonyl (C=O) groups is 1. The molecular formula is C17H15BrO3. The molecule has 0 fully saturated rings. The Hall–Kier alpha value is -2.07. The third-order valence-electron chi connectivity index (χ3n) is 2.87. The van der Waals surface area contributed by atoms with E-state index in [0.717, 1.165) is 21.7 Å². The Labute approximate surface area is 132 Å². The molecule has 0 aliphatic rings. The molecule has 21 heavy (non-hydrogen) atoms. The van der Waals surface area contributed by atoms with Crippen molar-refractivity contribution in [1.82, 2.24) is 0 Å². The third kappa shape index (κ3) is 4.46. The first kappa shape index (κ1) is 15.3. The van der Waals surface area contributed by atoms with Gasteiger partial charge in [-0.05, 0) is 40.6 Å². The number of halogens is 1. The van der Waals surface area contributed by atoms with Crippen molar-refractivity contribution in [3.63, 3.8) is 0 Å². The highest BCUT2D eigenvalue weighted by Crippen LogP contribution is 2.30. The van der Waals surface area contributed by atoms with E-state index in [1.54, 1.807) is 0 Å². The second-order valence-corrected chi connectivity index (χ2v) is 5.46. The van der Waals surface area contributed by atoms with Crippen molar-refractivity contribution in [3.8, 4) is 5.75 Å². The SMILES string of the molecule is Cc1cccc(COc2c(Br)cccc2C=CC(=O)O)c1. The summed E-state index contributed by atoms with van der Waals surface area (Å²) in [5.41, 5.74) is 2.97. The molecule has 0 saturated heterocycles. The summed E-state index contributed by atoms with van der Waals surface area (Å²) in [5.74, 6) is -0.351. The molecule has 0 heterocycles. The summed E-state index contributed by atoms with van der Waals surface area (Å²) in [6, 6.07) is 13.6. The maximum absolute atomic E-state index is 10.6. The fourth-order valence-electron chi connectivity index (χ4n) is 1.93. The molecule has 0 aliphatic heterocycles. The smallest absolute Gasteiger partial charge is 0.328 e. The van der Waals surface area contributed by atoms with Crippen molar-refractivity contribution in [1.29, 1.82) is 0 Å². The molecule has 1 N–H and O–H groups in total. The summed E-state index contributed by atoms with van der Waals surface area (Å²) in [7, 11) is 0. The number of rotatable bonds is 5. The lowest BCUT2D eigenvalue weighted by Crippen LogP contribution is -1.98. The first-order valence-electron chi connectivity index (χ1n) is 6.44. The molecule has 4 heteroatoms. The van der Waals surface area contributed by atoms with Crippen LogP contribution in [-0.4, -0.2) is 11.1 Å². The molecule has 0 amide bonds. The number of aryl methyl sites for hydroxylation is 1. The van der Waals surface area contributed by atoms with E-state index in [-0.39, 0.29) is 0 Å². The van der Waals surface area contributed by atoms with Gasteiger partial charge in [-0.25, -0.2) is 4.79 Å². The van der Waals surface area contributed by atoms with Crippen LogP contribution in [0.1, 0.15) is 16.7 Å². The Morgan fingerprint density at radius 2 is 2.05 bits per heavy atom. The molecule has 2 aromatic carbocycles. The van der Waals surface area contributed by atoms with Crippen LogP contribution < -0.4 is 4.74 Å². The Balaban J connectivity index is 2.20. The van der Waals surface area contributed by atoms with E-state index in [4.69, 9.17) is 9.84 Å². The zero-order valence-corrected chi connectivity index (χ0v) is 13.1. The topological polar surface area (TPSA) is 46.5 Å². The molecule has 2 rings (SSSR count). The van der Waals surface area contributed by atoms with Gasteiger partial charge in [-0.1, -0.05) is 42.0 Å². The summed E-state index contributed by atoms with van der Waals surface area (Å²) in [5, 5.41) is 8.73. The highest BCUT2D eigenvalue weighted by Gasteiger charge is 2.07. The predicted molar refractivity (Wildman–Crippen MR) is 86.3 cm³/mol. The van der Waals surface area contributed by atoms with Crippen molar-refractivity contribution in [2.45, 2.75) is 13.5 Å². The second-order valence-electron chi connectivity index (χ2n) is 4.61. The van der Waals surface area contributed by atoms with E-state index in [1.165, 1.54) is 11.6 Å². The summed E-state index contributed by atoms with van der Waals surface area (Å²) in [6.45, 7) is 2.46. The summed E-state index contributed by atoms with van der Waals surface area (Å²) in [6.07, 6.45) is 2.62. The van der Waals surface area contributed by atoms with E-state index in [9.17, 15) is 4.79 Å². The first-order valence-corrected chi connectivity index (χ1v) is 7.23. The van der Waals surface area contributed by atoms with Gasteiger partial charge < -0.3 is 9.84 Å². The minimum Gasteiger partial charge on any atom is -0.487 e. The lowest BCUT2D eigenvalue weighted by Gasteiger charge is -2.11. The summed E-state index contributed by atoms with van der Waals surface area (Å²) < 4.78 is 6.64. The van der Waals surface area contributed by atoms with Crippen molar-refractivity contribution in [2.24, 2.45) is 0 Å². The highest BCUT2D eigenvalue weighted by molar-refractivity contribution is 9.10. The van der Waals surface area contributed by atoms with Crippen LogP contribution in [-0.2, 0) is 11.4 Å². The average molecular weight is 347 g/mol. The minimum absolute atomic E-state index is 0.429.